The summed E-state index contributed by atoms with van der Waals surface area (Å²) in [6, 6.07) is 0.311. The van der Waals surface area contributed by atoms with Crippen LogP contribution >= 0.6 is 0 Å². The molecule has 15 heavy (non-hydrogen) atoms. The van der Waals surface area contributed by atoms with Crippen LogP contribution in [0.25, 0.3) is 0 Å². The molecule has 2 rings (SSSR count). The van der Waals surface area contributed by atoms with Gasteiger partial charge in [-0.3, -0.25) is 4.99 Å². The minimum atomic E-state index is 0.311. The molecule has 0 amide bonds. The van der Waals surface area contributed by atoms with E-state index in [4.69, 9.17) is 10.3 Å². The van der Waals surface area contributed by atoms with Gasteiger partial charge in [0.2, 0.25) is 0 Å². The molecule has 1 aromatic rings. The highest BCUT2D eigenvalue weighted by atomic mass is 16.5. The summed E-state index contributed by atoms with van der Waals surface area (Å²) in [6.45, 7) is 1.96. The number of amidine groups is 1. The molecule has 2 heterocycles. The standard InChI is InChI=1S/C11H17N3O/c1-8-9(7-15-14-8)6-10-4-2-3-5-11(12)13-10/h7,10H,2-6H2,1H3,(H2,12,13). The fraction of sp³-hybridized carbons (Fsp3) is 0.636. The van der Waals surface area contributed by atoms with Crippen LogP contribution in [0.1, 0.15) is 36.9 Å². The third-order valence-corrected chi connectivity index (χ3v) is 2.87. The average Bonchev–Trinajstić information content (AvgIpc) is 2.48. The molecule has 0 aliphatic carbocycles. The maximum absolute atomic E-state index is 5.80. The number of rotatable bonds is 2. The number of aromatic nitrogens is 1. The molecular formula is C11H17N3O. The zero-order chi connectivity index (χ0) is 10.7. The number of aryl methyl sites for hydroxylation is 1. The highest BCUT2D eigenvalue weighted by molar-refractivity contribution is 5.80. The van der Waals surface area contributed by atoms with Gasteiger partial charge in [0.05, 0.1) is 17.6 Å². The summed E-state index contributed by atoms with van der Waals surface area (Å²) in [5.74, 6) is 0.798. The lowest BCUT2D eigenvalue weighted by Crippen LogP contribution is -2.15. The van der Waals surface area contributed by atoms with E-state index in [0.717, 1.165) is 42.8 Å². The maximum Gasteiger partial charge on any atom is 0.127 e. The summed E-state index contributed by atoms with van der Waals surface area (Å²) >= 11 is 0. The van der Waals surface area contributed by atoms with Crippen LogP contribution < -0.4 is 5.73 Å². The third kappa shape index (κ3) is 2.58. The number of hydrogen-bond acceptors (Lipinski definition) is 4. The lowest BCUT2D eigenvalue weighted by atomic mass is 10.0. The predicted octanol–water partition coefficient (Wildman–Crippen LogP) is 1.83. The van der Waals surface area contributed by atoms with Crippen molar-refractivity contribution in [1.29, 1.82) is 0 Å². The second-order valence-electron chi connectivity index (χ2n) is 4.15. The van der Waals surface area contributed by atoms with Gasteiger partial charge in [0.15, 0.2) is 0 Å². The zero-order valence-corrected chi connectivity index (χ0v) is 9.07. The van der Waals surface area contributed by atoms with Crippen LogP contribution in [-0.2, 0) is 6.42 Å². The molecule has 0 radical (unpaired) electrons. The van der Waals surface area contributed by atoms with Crippen LogP contribution in [0.5, 0.6) is 0 Å². The Morgan fingerprint density at radius 1 is 1.53 bits per heavy atom. The first-order valence-electron chi connectivity index (χ1n) is 5.47. The van der Waals surface area contributed by atoms with Crippen molar-refractivity contribution < 1.29 is 4.52 Å². The van der Waals surface area contributed by atoms with Crippen LogP contribution in [0.2, 0.25) is 0 Å². The van der Waals surface area contributed by atoms with E-state index in [-0.39, 0.29) is 0 Å². The van der Waals surface area contributed by atoms with Crippen molar-refractivity contribution in [3.8, 4) is 0 Å². The Bertz CT molecular complexity index is 356. The zero-order valence-electron chi connectivity index (χ0n) is 9.07. The van der Waals surface area contributed by atoms with E-state index < -0.39 is 0 Å². The molecule has 1 unspecified atom stereocenters. The summed E-state index contributed by atoms with van der Waals surface area (Å²) < 4.78 is 4.92. The summed E-state index contributed by atoms with van der Waals surface area (Å²) in [7, 11) is 0. The van der Waals surface area contributed by atoms with Crippen LogP contribution in [0.3, 0.4) is 0 Å². The summed E-state index contributed by atoms with van der Waals surface area (Å²) in [5, 5.41) is 3.87. The minimum absolute atomic E-state index is 0.311. The maximum atomic E-state index is 5.80. The topological polar surface area (TPSA) is 64.4 Å². The molecule has 4 heteroatoms. The van der Waals surface area contributed by atoms with E-state index in [0.29, 0.717) is 6.04 Å². The van der Waals surface area contributed by atoms with Gasteiger partial charge in [-0.05, 0) is 26.2 Å². The molecule has 0 saturated carbocycles. The van der Waals surface area contributed by atoms with Gasteiger partial charge >= 0.3 is 0 Å². The monoisotopic (exact) mass is 207 g/mol. The van der Waals surface area contributed by atoms with Gasteiger partial charge in [-0.2, -0.15) is 0 Å². The van der Waals surface area contributed by atoms with Gasteiger partial charge < -0.3 is 10.3 Å². The van der Waals surface area contributed by atoms with E-state index in [2.05, 4.69) is 10.1 Å². The Hall–Kier alpha value is -1.32. The van der Waals surface area contributed by atoms with Crippen LogP contribution in [0.4, 0.5) is 0 Å². The quantitative estimate of drug-likeness (QED) is 0.804. The molecule has 0 saturated heterocycles. The fourth-order valence-corrected chi connectivity index (χ4v) is 1.96. The molecule has 0 spiro atoms. The van der Waals surface area contributed by atoms with Gasteiger partial charge in [-0.25, -0.2) is 0 Å². The van der Waals surface area contributed by atoms with Gasteiger partial charge in [-0.15, -0.1) is 0 Å². The summed E-state index contributed by atoms with van der Waals surface area (Å²) in [4.78, 5) is 4.52. The molecule has 1 atom stereocenters. The SMILES string of the molecule is Cc1nocc1CC1CCCCC(N)=N1. The normalized spacial score (nSPS) is 22.2. The average molecular weight is 207 g/mol. The number of aliphatic imine (C=N–C) groups is 1. The van der Waals surface area contributed by atoms with E-state index in [1.165, 1.54) is 6.42 Å². The fourth-order valence-electron chi connectivity index (χ4n) is 1.96. The Labute approximate surface area is 89.5 Å². The lowest BCUT2D eigenvalue weighted by molar-refractivity contribution is 0.414. The van der Waals surface area contributed by atoms with E-state index in [1.807, 2.05) is 6.92 Å². The van der Waals surface area contributed by atoms with Crippen LogP contribution in [-0.4, -0.2) is 17.0 Å². The van der Waals surface area contributed by atoms with Crippen molar-refractivity contribution in [3.63, 3.8) is 0 Å². The highest BCUT2D eigenvalue weighted by Gasteiger charge is 2.15. The Kier molecular flexibility index (Phi) is 3.04. The second kappa shape index (κ2) is 4.47. The molecule has 0 fully saturated rings. The first-order valence-corrected chi connectivity index (χ1v) is 5.47. The molecule has 1 aromatic heterocycles. The van der Waals surface area contributed by atoms with Crippen molar-refractivity contribution in [1.82, 2.24) is 5.16 Å². The largest absolute Gasteiger partial charge is 0.387 e. The van der Waals surface area contributed by atoms with Crippen molar-refractivity contribution in [2.75, 3.05) is 0 Å². The van der Waals surface area contributed by atoms with Crippen molar-refractivity contribution in [3.05, 3.63) is 17.5 Å². The molecule has 0 aromatic carbocycles. The lowest BCUT2D eigenvalue weighted by Gasteiger charge is -2.09. The van der Waals surface area contributed by atoms with Gasteiger partial charge in [0.25, 0.3) is 0 Å². The molecule has 0 bridgehead atoms. The first kappa shape index (κ1) is 10.2. The molecule has 1 aliphatic rings. The van der Waals surface area contributed by atoms with Crippen molar-refractivity contribution in [2.45, 2.75) is 45.1 Å². The minimum Gasteiger partial charge on any atom is -0.387 e. The predicted molar refractivity (Wildman–Crippen MR) is 58.8 cm³/mol. The molecule has 2 N–H and O–H groups in total. The number of hydrogen-bond donors (Lipinski definition) is 1. The number of nitrogens with zero attached hydrogens (tertiary/aromatic N) is 2. The summed E-state index contributed by atoms with van der Waals surface area (Å²) in [6.07, 6.45) is 7.04. The molecular weight excluding hydrogens is 190 g/mol. The number of nitrogens with two attached hydrogens (primary N) is 1. The third-order valence-electron chi connectivity index (χ3n) is 2.87. The van der Waals surface area contributed by atoms with E-state index in [1.54, 1.807) is 6.26 Å². The van der Waals surface area contributed by atoms with Gasteiger partial charge in [0, 0.05) is 12.0 Å². The van der Waals surface area contributed by atoms with Crippen molar-refractivity contribution in [2.24, 2.45) is 10.7 Å². The van der Waals surface area contributed by atoms with Crippen LogP contribution in [0.15, 0.2) is 15.8 Å². The molecule has 1 aliphatic heterocycles. The smallest absolute Gasteiger partial charge is 0.127 e. The Morgan fingerprint density at radius 3 is 3.13 bits per heavy atom. The Balaban J connectivity index is 2.05. The van der Waals surface area contributed by atoms with E-state index in [9.17, 15) is 0 Å². The van der Waals surface area contributed by atoms with Gasteiger partial charge in [0.1, 0.15) is 6.26 Å². The second-order valence-corrected chi connectivity index (χ2v) is 4.15. The van der Waals surface area contributed by atoms with Crippen molar-refractivity contribution >= 4 is 5.84 Å². The Morgan fingerprint density at radius 2 is 2.40 bits per heavy atom. The van der Waals surface area contributed by atoms with Crippen LogP contribution in [0, 0.1) is 6.92 Å². The molecule has 82 valence electrons. The van der Waals surface area contributed by atoms with Gasteiger partial charge in [-0.1, -0.05) is 11.6 Å². The van der Waals surface area contributed by atoms with E-state index >= 15 is 0 Å². The summed E-state index contributed by atoms with van der Waals surface area (Å²) in [5.41, 5.74) is 7.92. The molecule has 4 nitrogen and oxygen atoms in total. The first-order chi connectivity index (χ1) is 7.25. The highest BCUT2D eigenvalue weighted by Crippen LogP contribution is 2.18.